The summed E-state index contributed by atoms with van der Waals surface area (Å²) in [5.74, 6) is 1.15. The fourth-order valence-corrected chi connectivity index (χ4v) is 2.77. The minimum atomic E-state index is 0.00843. The maximum absolute atomic E-state index is 12.4. The number of anilines is 1. The molecule has 116 valence electrons. The first-order valence-corrected chi connectivity index (χ1v) is 7.46. The van der Waals surface area contributed by atoms with E-state index in [0.717, 1.165) is 37.4 Å². The molecule has 1 aliphatic heterocycles. The molecule has 2 aromatic rings. The lowest BCUT2D eigenvalue weighted by atomic mass is 9.93. The van der Waals surface area contributed by atoms with Crippen LogP contribution < -0.4 is 5.32 Å². The Kier molecular flexibility index (Phi) is 4.04. The van der Waals surface area contributed by atoms with Crippen molar-refractivity contribution < 1.29 is 4.79 Å². The SMILES string of the molecule is CNc1cncc(C2CCN(C(=O)c3ccn(C)n3)CC2)n1. The number of likely N-dealkylation sites (tertiary alicyclic amines) is 1. The van der Waals surface area contributed by atoms with Gasteiger partial charge < -0.3 is 10.2 Å². The standard InChI is InChI=1S/C15H20N6O/c1-16-14-10-17-9-13(18-14)11-3-7-21(8-4-11)15(22)12-5-6-20(2)19-12/h5-6,9-11H,3-4,7-8H2,1-2H3,(H,16,18). The first kappa shape index (κ1) is 14.5. The van der Waals surface area contributed by atoms with Crippen molar-refractivity contribution in [1.82, 2.24) is 24.6 Å². The number of nitrogens with zero attached hydrogens (tertiary/aromatic N) is 5. The Hall–Kier alpha value is -2.44. The molecule has 0 spiro atoms. The fourth-order valence-electron chi connectivity index (χ4n) is 2.77. The average Bonchev–Trinajstić information content (AvgIpc) is 3.01. The van der Waals surface area contributed by atoms with E-state index >= 15 is 0 Å². The Labute approximate surface area is 129 Å². The molecule has 7 nitrogen and oxygen atoms in total. The van der Waals surface area contributed by atoms with Crippen molar-refractivity contribution in [3.8, 4) is 0 Å². The second-order valence-electron chi connectivity index (χ2n) is 5.52. The van der Waals surface area contributed by atoms with Gasteiger partial charge in [-0.05, 0) is 18.9 Å². The van der Waals surface area contributed by atoms with Gasteiger partial charge in [0.15, 0.2) is 0 Å². The summed E-state index contributed by atoms with van der Waals surface area (Å²) < 4.78 is 1.65. The Balaban J connectivity index is 1.63. The van der Waals surface area contributed by atoms with Gasteiger partial charge in [0.2, 0.25) is 0 Å². The van der Waals surface area contributed by atoms with Crippen LogP contribution in [0.1, 0.15) is 34.9 Å². The number of amides is 1. The van der Waals surface area contributed by atoms with Crippen LogP contribution in [0.5, 0.6) is 0 Å². The van der Waals surface area contributed by atoms with Crippen LogP contribution >= 0.6 is 0 Å². The van der Waals surface area contributed by atoms with E-state index in [1.54, 1.807) is 23.1 Å². The van der Waals surface area contributed by atoms with Crippen molar-refractivity contribution in [2.75, 3.05) is 25.5 Å². The Morgan fingerprint density at radius 3 is 2.73 bits per heavy atom. The third kappa shape index (κ3) is 2.93. The molecular formula is C15H20N6O. The van der Waals surface area contributed by atoms with Crippen LogP contribution in [0.4, 0.5) is 5.82 Å². The lowest BCUT2D eigenvalue weighted by Crippen LogP contribution is -2.38. The quantitative estimate of drug-likeness (QED) is 0.924. The van der Waals surface area contributed by atoms with E-state index < -0.39 is 0 Å². The number of rotatable bonds is 3. The molecule has 1 amide bonds. The van der Waals surface area contributed by atoms with Crippen molar-refractivity contribution in [3.05, 3.63) is 36.0 Å². The van der Waals surface area contributed by atoms with Gasteiger partial charge in [0.05, 0.1) is 11.9 Å². The second-order valence-corrected chi connectivity index (χ2v) is 5.52. The maximum atomic E-state index is 12.4. The Morgan fingerprint density at radius 2 is 2.09 bits per heavy atom. The normalized spacial score (nSPS) is 15.8. The summed E-state index contributed by atoms with van der Waals surface area (Å²) in [7, 11) is 3.65. The molecule has 1 N–H and O–H groups in total. The molecular weight excluding hydrogens is 280 g/mol. The topological polar surface area (TPSA) is 75.9 Å². The number of hydrogen-bond donors (Lipinski definition) is 1. The molecule has 0 bridgehead atoms. The zero-order chi connectivity index (χ0) is 15.5. The Morgan fingerprint density at radius 1 is 1.32 bits per heavy atom. The largest absolute Gasteiger partial charge is 0.372 e. The Bertz CT molecular complexity index is 660. The summed E-state index contributed by atoms with van der Waals surface area (Å²) in [6, 6.07) is 1.76. The molecule has 3 rings (SSSR count). The molecule has 0 atom stereocenters. The molecule has 0 radical (unpaired) electrons. The fraction of sp³-hybridized carbons (Fsp3) is 0.467. The number of nitrogens with one attached hydrogen (secondary N) is 1. The summed E-state index contributed by atoms with van der Waals surface area (Å²) in [5.41, 5.74) is 1.51. The van der Waals surface area contributed by atoms with E-state index in [1.807, 2.05) is 25.2 Å². The highest BCUT2D eigenvalue weighted by molar-refractivity contribution is 5.92. The van der Waals surface area contributed by atoms with Gasteiger partial charge in [-0.1, -0.05) is 0 Å². The molecule has 0 unspecified atom stereocenters. The zero-order valence-electron chi connectivity index (χ0n) is 12.9. The second kappa shape index (κ2) is 6.13. The molecule has 3 heterocycles. The summed E-state index contributed by atoms with van der Waals surface area (Å²) >= 11 is 0. The molecule has 22 heavy (non-hydrogen) atoms. The van der Waals surface area contributed by atoms with E-state index in [4.69, 9.17) is 0 Å². The zero-order valence-corrected chi connectivity index (χ0v) is 12.9. The maximum Gasteiger partial charge on any atom is 0.274 e. The molecule has 1 saturated heterocycles. The highest BCUT2D eigenvalue weighted by Gasteiger charge is 2.26. The van der Waals surface area contributed by atoms with Crippen LogP contribution in [0.3, 0.4) is 0 Å². The third-order valence-electron chi connectivity index (χ3n) is 4.04. The number of carbonyl (C=O) groups excluding carboxylic acids is 1. The lowest BCUT2D eigenvalue weighted by Gasteiger charge is -2.31. The van der Waals surface area contributed by atoms with Crippen LogP contribution in [-0.4, -0.2) is 50.7 Å². The van der Waals surface area contributed by atoms with Crippen LogP contribution in [0.2, 0.25) is 0 Å². The predicted octanol–water partition coefficient (Wildman–Crippen LogP) is 1.27. The molecule has 1 aliphatic rings. The number of piperidine rings is 1. The lowest BCUT2D eigenvalue weighted by molar-refractivity contribution is 0.0705. The van der Waals surface area contributed by atoms with Crippen LogP contribution in [-0.2, 0) is 7.05 Å². The van der Waals surface area contributed by atoms with E-state index in [-0.39, 0.29) is 5.91 Å². The van der Waals surface area contributed by atoms with Gasteiger partial charge in [-0.25, -0.2) is 4.98 Å². The third-order valence-corrected chi connectivity index (χ3v) is 4.04. The van der Waals surface area contributed by atoms with Gasteiger partial charge in [0.25, 0.3) is 5.91 Å². The first-order valence-electron chi connectivity index (χ1n) is 7.46. The number of carbonyl (C=O) groups is 1. The van der Waals surface area contributed by atoms with Gasteiger partial charge >= 0.3 is 0 Å². The van der Waals surface area contributed by atoms with Gasteiger partial charge in [-0.15, -0.1) is 0 Å². The van der Waals surface area contributed by atoms with E-state index in [9.17, 15) is 4.79 Å². The highest BCUT2D eigenvalue weighted by atomic mass is 16.2. The molecule has 0 aromatic carbocycles. The average molecular weight is 300 g/mol. The van der Waals surface area contributed by atoms with Crippen LogP contribution in [0.25, 0.3) is 0 Å². The van der Waals surface area contributed by atoms with Gasteiger partial charge in [-0.2, -0.15) is 5.10 Å². The summed E-state index contributed by atoms with van der Waals surface area (Å²) in [6.45, 7) is 1.46. The smallest absolute Gasteiger partial charge is 0.274 e. The molecule has 7 heteroatoms. The number of aryl methyl sites for hydroxylation is 1. The highest BCUT2D eigenvalue weighted by Crippen LogP contribution is 2.27. The predicted molar refractivity (Wildman–Crippen MR) is 82.7 cm³/mol. The molecule has 2 aromatic heterocycles. The summed E-state index contributed by atoms with van der Waals surface area (Å²) in [4.78, 5) is 23.0. The minimum absolute atomic E-state index is 0.00843. The van der Waals surface area contributed by atoms with Crippen molar-refractivity contribution in [3.63, 3.8) is 0 Å². The van der Waals surface area contributed by atoms with Crippen molar-refractivity contribution >= 4 is 11.7 Å². The number of hydrogen-bond acceptors (Lipinski definition) is 5. The van der Waals surface area contributed by atoms with Gasteiger partial charge in [0.1, 0.15) is 11.5 Å². The van der Waals surface area contributed by atoms with Gasteiger partial charge in [0, 0.05) is 45.5 Å². The van der Waals surface area contributed by atoms with Crippen molar-refractivity contribution in [2.24, 2.45) is 7.05 Å². The van der Waals surface area contributed by atoms with Crippen LogP contribution in [0, 0.1) is 0 Å². The monoisotopic (exact) mass is 300 g/mol. The van der Waals surface area contributed by atoms with Crippen molar-refractivity contribution in [1.29, 1.82) is 0 Å². The summed E-state index contributed by atoms with van der Waals surface area (Å²) in [5, 5.41) is 7.19. The van der Waals surface area contributed by atoms with Crippen LogP contribution in [0.15, 0.2) is 24.7 Å². The van der Waals surface area contributed by atoms with E-state index in [1.165, 1.54) is 0 Å². The van der Waals surface area contributed by atoms with Gasteiger partial charge in [-0.3, -0.25) is 14.5 Å². The molecule has 1 fully saturated rings. The first-order chi connectivity index (χ1) is 10.7. The molecule has 0 aliphatic carbocycles. The van der Waals surface area contributed by atoms with E-state index in [2.05, 4.69) is 20.4 Å². The summed E-state index contributed by atoms with van der Waals surface area (Å²) in [6.07, 6.45) is 7.13. The van der Waals surface area contributed by atoms with Crippen molar-refractivity contribution in [2.45, 2.75) is 18.8 Å². The number of aromatic nitrogens is 4. The molecule has 0 saturated carbocycles. The minimum Gasteiger partial charge on any atom is -0.372 e. The van der Waals surface area contributed by atoms with E-state index in [0.29, 0.717) is 11.6 Å².